The smallest absolute Gasteiger partial charge is 0.407 e. The Labute approximate surface area is 138 Å². The van der Waals surface area contributed by atoms with Gasteiger partial charge in [0.25, 0.3) is 0 Å². The van der Waals surface area contributed by atoms with Crippen molar-refractivity contribution < 1.29 is 28.9 Å². The molecule has 1 saturated heterocycles. The quantitative estimate of drug-likeness (QED) is 0.757. The molecule has 1 fully saturated rings. The number of amides is 2. The number of hydrogen-bond donors (Lipinski definition) is 3. The molecule has 3 N–H and O–H groups in total. The van der Waals surface area contributed by atoms with Gasteiger partial charge in [0.05, 0.1) is 18.8 Å². The molecule has 2 amide bonds. The van der Waals surface area contributed by atoms with Crippen molar-refractivity contribution in [2.45, 2.75) is 12.5 Å². The van der Waals surface area contributed by atoms with Crippen LogP contribution in [0.25, 0.3) is 0 Å². The molecular weight excluding hydrogens is 321 g/mol. The Morgan fingerprint density at radius 2 is 2.08 bits per heavy atom. The third-order valence-electron chi connectivity index (χ3n) is 3.98. The Hall–Kier alpha value is -2.71. The van der Waals surface area contributed by atoms with Crippen molar-refractivity contribution >= 4 is 17.9 Å². The standard InChI is InChI=1S/C15H20FN3O5/c1-24-12-4-2-3-11(13(12)16)17-6-5-10-9-18(14(20)21)7-8-19(10)15(22)23/h2-4,10,17H,5-9H2,1H3,(H,20,21)(H,22,23)/t10-/m1/s1. The van der Waals surface area contributed by atoms with Crippen molar-refractivity contribution in [2.24, 2.45) is 0 Å². The second-order valence-corrected chi connectivity index (χ2v) is 5.40. The fourth-order valence-electron chi connectivity index (χ4n) is 2.71. The minimum Gasteiger partial charge on any atom is -0.494 e. The number of anilines is 1. The Balaban J connectivity index is 1.97. The Bertz CT molecular complexity index is 613. The van der Waals surface area contributed by atoms with Crippen molar-refractivity contribution in [1.82, 2.24) is 9.80 Å². The second-order valence-electron chi connectivity index (χ2n) is 5.40. The molecule has 0 radical (unpaired) electrons. The number of ether oxygens (including phenoxy) is 1. The van der Waals surface area contributed by atoms with Gasteiger partial charge < -0.3 is 30.1 Å². The van der Waals surface area contributed by atoms with Crippen molar-refractivity contribution in [3.8, 4) is 5.75 Å². The fourth-order valence-corrected chi connectivity index (χ4v) is 2.71. The number of benzene rings is 1. The van der Waals surface area contributed by atoms with Crippen LogP contribution in [0.15, 0.2) is 18.2 Å². The molecule has 8 nitrogen and oxygen atoms in total. The van der Waals surface area contributed by atoms with E-state index in [2.05, 4.69) is 5.32 Å². The Morgan fingerprint density at radius 1 is 1.33 bits per heavy atom. The highest BCUT2D eigenvalue weighted by Gasteiger charge is 2.32. The molecule has 1 aromatic rings. The molecule has 0 spiro atoms. The molecule has 1 heterocycles. The molecule has 0 aliphatic carbocycles. The SMILES string of the molecule is COc1cccc(NCC[C@@H]2CN(C(=O)O)CCN2C(=O)O)c1F. The van der Waals surface area contributed by atoms with Gasteiger partial charge in [-0.3, -0.25) is 0 Å². The molecular formula is C15H20FN3O5. The van der Waals surface area contributed by atoms with Crippen LogP contribution in [-0.2, 0) is 0 Å². The van der Waals surface area contributed by atoms with Gasteiger partial charge in [0, 0.05) is 26.2 Å². The summed E-state index contributed by atoms with van der Waals surface area (Å²) in [5, 5.41) is 21.2. The van der Waals surface area contributed by atoms with E-state index in [1.54, 1.807) is 12.1 Å². The number of carboxylic acid groups (broad SMARTS) is 2. The molecule has 24 heavy (non-hydrogen) atoms. The molecule has 0 bridgehead atoms. The van der Waals surface area contributed by atoms with Crippen LogP contribution in [0.2, 0.25) is 0 Å². The van der Waals surface area contributed by atoms with E-state index < -0.39 is 24.0 Å². The van der Waals surface area contributed by atoms with Crippen molar-refractivity contribution in [3.63, 3.8) is 0 Å². The van der Waals surface area contributed by atoms with E-state index >= 15 is 0 Å². The van der Waals surface area contributed by atoms with Gasteiger partial charge >= 0.3 is 12.2 Å². The minimum atomic E-state index is -1.09. The predicted molar refractivity (Wildman–Crippen MR) is 84.2 cm³/mol. The lowest BCUT2D eigenvalue weighted by atomic mass is 10.1. The first kappa shape index (κ1) is 17.6. The lowest BCUT2D eigenvalue weighted by Gasteiger charge is -2.38. The third kappa shape index (κ3) is 3.98. The van der Waals surface area contributed by atoms with Gasteiger partial charge in [0.2, 0.25) is 0 Å². The van der Waals surface area contributed by atoms with Crippen molar-refractivity contribution in [3.05, 3.63) is 24.0 Å². The molecule has 0 unspecified atom stereocenters. The summed E-state index contributed by atoms with van der Waals surface area (Å²) in [6, 6.07) is 4.21. The maximum atomic E-state index is 14.0. The van der Waals surface area contributed by atoms with Crippen molar-refractivity contribution in [1.29, 1.82) is 0 Å². The summed E-state index contributed by atoms with van der Waals surface area (Å²) >= 11 is 0. The maximum absolute atomic E-state index is 14.0. The van der Waals surface area contributed by atoms with E-state index in [1.165, 1.54) is 23.0 Å². The number of hydrogen-bond acceptors (Lipinski definition) is 4. The van der Waals surface area contributed by atoms with E-state index in [0.29, 0.717) is 13.0 Å². The zero-order valence-corrected chi connectivity index (χ0v) is 13.2. The van der Waals surface area contributed by atoms with E-state index in [9.17, 15) is 19.1 Å². The molecule has 132 valence electrons. The van der Waals surface area contributed by atoms with Crippen LogP contribution in [0.5, 0.6) is 5.75 Å². The number of nitrogens with one attached hydrogen (secondary N) is 1. The number of methoxy groups -OCH3 is 1. The van der Waals surface area contributed by atoms with Crippen LogP contribution in [0.3, 0.4) is 0 Å². The second kappa shape index (κ2) is 7.71. The van der Waals surface area contributed by atoms with Gasteiger partial charge in [-0.1, -0.05) is 6.07 Å². The molecule has 0 saturated carbocycles. The van der Waals surface area contributed by atoms with E-state index in [-0.39, 0.29) is 31.1 Å². The van der Waals surface area contributed by atoms with Gasteiger partial charge in [0.1, 0.15) is 0 Å². The number of piperazine rings is 1. The minimum absolute atomic E-state index is 0.101. The topological polar surface area (TPSA) is 102 Å². The zero-order chi connectivity index (χ0) is 17.7. The monoisotopic (exact) mass is 341 g/mol. The summed E-state index contributed by atoms with van der Waals surface area (Å²) in [6.07, 6.45) is -1.80. The van der Waals surface area contributed by atoms with E-state index in [0.717, 1.165) is 0 Å². The normalized spacial score (nSPS) is 17.5. The average molecular weight is 341 g/mol. The van der Waals surface area contributed by atoms with Gasteiger partial charge in [-0.05, 0) is 18.6 Å². The predicted octanol–water partition coefficient (Wildman–Crippen LogP) is 1.98. The number of carbonyl (C=O) groups is 2. The first-order chi connectivity index (χ1) is 11.4. The highest BCUT2D eigenvalue weighted by molar-refractivity contribution is 5.68. The van der Waals surface area contributed by atoms with Crippen molar-refractivity contribution in [2.75, 3.05) is 38.6 Å². The van der Waals surface area contributed by atoms with Crippen LogP contribution in [-0.4, -0.2) is 71.5 Å². The zero-order valence-electron chi connectivity index (χ0n) is 13.2. The number of halogens is 1. The van der Waals surface area contributed by atoms with E-state index in [4.69, 9.17) is 9.84 Å². The van der Waals surface area contributed by atoms with E-state index in [1.807, 2.05) is 0 Å². The molecule has 1 aromatic carbocycles. The third-order valence-corrected chi connectivity index (χ3v) is 3.98. The fraction of sp³-hybridized carbons (Fsp3) is 0.467. The first-order valence-electron chi connectivity index (χ1n) is 7.47. The highest BCUT2D eigenvalue weighted by atomic mass is 19.1. The lowest BCUT2D eigenvalue weighted by Crippen LogP contribution is -2.56. The average Bonchev–Trinajstić information content (AvgIpc) is 2.56. The summed E-state index contributed by atoms with van der Waals surface area (Å²) in [5.41, 5.74) is 0.252. The van der Waals surface area contributed by atoms with Crippen LogP contribution in [0.4, 0.5) is 19.7 Å². The van der Waals surface area contributed by atoms with Crippen LogP contribution < -0.4 is 10.1 Å². The molecule has 1 aliphatic rings. The molecule has 2 rings (SSSR count). The van der Waals surface area contributed by atoms with Gasteiger partial charge in [-0.15, -0.1) is 0 Å². The van der Waals surface area contributed by atoms with Gasteiger partial charge in [-0.2, -0.15) is 0 Å². The molecule has 1 aliphatic heterocycles. The number of nitrogens with zero attached hydrogens (tertiary/aromatic N) is 2. The summed E-state index contributed by atoms with van der Waals surface area (Å²) in [4.78, 5) is 24.8. The first-order valence-corrected chi connectivity index (χ1v) is 7.47. The summed E-state index contributed by atoms with van der Waals surface area (Å²) < 4.78 is 18.9. The Morgan fingerprint density at radius 3 is 2.71 bits per heavy atom. The summed E-state index contributed by atoms with van der Waals surface area (Å²) in [6.45, 7) is 0.672. The molecule has 0 aromatic heterocycles. The number of rotatable bonds is 5. The maximum Gasteiger partial charge on any atom is 0.407 e. The van der Waals surface area contributed by atoms with Crippen LogP contribution in [0, 0.1) is 5.82 Å². The molecule has 1 atom stereocenters. The largest absolute Gasteiger partial charge is 0.494 e. The molecule has 9 heteroatoms. The van der Waals surface area contributed by atoms with Crippen LogP contribution in [0.1, 0.15) is 6.42 Å². The lowest BCUT2D eigenvalue weighted by molar-refractivity contribution is 0.0622. The Kier molecular flexibility index (Phi) is 5.67. The summed E-state index contributed by atoms with van der Waals surface area (Å²) in [5.74, 6) is -0.409. The summed E-state index contributed by atoms with van der Waals surface area (Å²) in [7, 11) is 1.37. The highest BCUT2D eigenvalue weighted by Crippen LogP contribution is 2.24. The van der Waals surface area contributed by atoms with Gasteiger partial charge in [-0.25, -0.2) is 14.0 Å². The van der Waals surface area contributed by atoms with Gasteiger partial charge in [0.15, 0.2) is 11.6 Å². The van der Waals surface area contributed by atoms with Crippen LogP contribution >= 0.6 is 0 Å².